The van der Waals surface area contributed by atoms with Crippen molar-refractivity contribution in [3.63, 3.8) is 0 Å². The molecule has 1 amide bonds. The number of aliphatic imine (C=N–C) groups is 1. The summed E-state index contributed by atoms with van der Waals surface area (Å²) in [7, 11) is 5.52. The number of carbonyl (C=O) groups excluding carboxylic acids is 1. The molecule has 0 aliphatic rings. The van der Waals surface area contributed by atoms with Gasteiger partial charge in [-0.3, -0.25) is 4.79 Å². The van der Waals surface area contributed by atoms with E-state index < -0.39 is 0 Å². The van der Waals surface area contributed by atoms with Crippen LogP contribution >= 0.6 is 0 Å². The molecule has 122 valence electrons. The lowest BCUT2D eigenvalue weighted by atomic mass is 10.2. The Hall–Kier alpha value is -2.04. The van der Waals surface area contributed by atoms with E-state index in [-0.39, 0.29) is 12.5 Å². The molecule has 0 unspecified atom stereocenters. The van der Waals surface area contributed by atoms with Gasteiger partial charge in [0.15, 0.2) is 5.96 Å². The van der Waals surface area contributed by atoms with Gasteiger partial charge in [0, 0.05) is 27.7 Å². The number of nitrogens with one attached hydrogen (secondary N) is 1. The van der Waals surface area contributed by atoms with Crippen LogP contribution in [-0.4, -0.2) is 55.9 Å². The van der Waals surface area contributed by atoms with Crippen molar-refractivity contribution < 1.29 is 4.79 Å². The third-order valence-electron chi connectivity index (χ3n) is 3.36. The topological polar surface area (TPSA) is 47.9 Å². The normalized spacial score (nSPS) is 11.2. The molecule has 0 fully saturated rings. The van der Waals surface area contributed by atoms with E-state index in [2.05, 4.69) is 34.3 Å². The molecule has 1 rings (SSSR count). The summed E-state index contributed by atoms with van der Waals surface area (Å²) in [5.41, 5.74) is 1.16. The van der Waals surface area contributed by atoms with Crippen molar-refractivity contribution in [1.82, 2.24) is 15.1 Å². The number of amides is 1. The first kappa shape index (κ1) is 18.0. The number of unbranched alkanes of at least 4 members (excludes halogenated alkanes) is 1. The van der Waals surface area contributed by atoms with Crippen molar-refractivity contribution in [3.8, 4) is 0 Å². The van der Waals surface area contributed by atoms with Gasteiger partial charge in [-0.15, -0.1) is 0 Å². The van der Waals surface area contributed by atoms with Gasteiger partial charge in [0.2, 0.25) is 5.91 Å². The van der Waals surface area contributed by atoms with Crippen molar-refractivity contribution in [2.24, 2.45) is 4.99 Å². The van der Waals surface area contributed by atoms with E-state index in [0.29, 0.717) is 6.54 Å². The lowest BCUT2D eigenvalue weighted by Gasteiger charge is -2.23. The molecule has 0 bridgehead atoms. The van der Waals surface area contributed by atoms with Crippen molar-refractivity contribution in [3.05, 3.63) is 35.9 Å². The summed E-state index contributed by atoms with van der Waals surface area (Å²) in [6.07, 6.45) is 2.23. The smallest absolute Gasteiger partial charge is 0.241 e. The molecule has 5 nitrogen and oxygen atoms in total. The average Bonchev–Trinajstić information content (AvgIpc) is 2.53. The first-order chi connectivity index (χ1) is 10.5. The third-order valence-corrected chi connectivity index (χ3v) is 3.36. The van der Waals surface area contributed by atoms with Crippen LogP contribution in [0.1, 0.15) is 25.3 Å². The monoisotopic (exact) mass is 304 g/mol. The van der Waals surface area contributed by atoms with Gasteiger partial charge in [-0.2, -0.15) is 0 Å². The van der Waals surface area contributed by atoms with Gasteiger partial charge in [-0.1, -0.05) is 43.7 Å². The maximum atomic E-state index is 11.7. The molecule has 0 saturated heterocycles. The van der Waals surface area contributed by atoms with E-state index in [1.165, 1.54) is 0 Å². The number of guanidine groups is 1. The van der Waals surface area contributed by atoms with E-state index in [9.17, 15) is 4.79 Å². The van der Waals surface area contributed by atoms with Gasteiger partial charge >= 0.3 is 0 Å². The zero-order valence-corrected chi connectivity index (χ0v) is 14.2. The maximum absolute atomic E-state index is 11.7. The SMILES string of the molecule is CCCCN(C)C(=NCc1ccccc1)NCC(=O)N(C)C. The van der Waals surface area contributed by atoms with E-state index in [4.69, 9.17) is 0 Å². The molecule has 0 aliphatic heterocycles. The fourth-order valence-corrected chi connectivity index (χ4v) is 1.88. The number of carbonyl (C=O) groups is 1. The second kappa shape index (κ2) is 9.82. The zero-order chi connectivity index (χ0) is 16.4. The van der Waals surface area contributed by atoms with E-state index in [0.717, 1.165) is 30.9 Å². The second-order valence-corrected chi connectivity index (χ2v) is 5.54. The standard InChI is InChI=1S/C17H28N4O/c1-5-6-12-21(4)17(19-14-16(22)20(2)3)18-13-15-10-8-7-9-11-15/h7-11H,5-6,12-14H2,1-4H3,(H,18,19). The zero-order valence-electron chi connectivity index (χ0n) is 14.2. The molecular weight excluding hydrogens is 276 g/mol. The fourth-order valence-electron chi connectivity index (χ4n) is 1.88. The Morgan fingerprint density at radius 3 is 2.45 bits per heavy atom. The molecular formula is C17H28N4O. The van der Waals surface area contributed by atoms with Gasteiger partial charge < -0.3 is 15.1 Å². The Morgan fingerprint density at radius 1 is 1.18 bits per heavy atom. The Balaban J connectivity index is 2.69. The summed E-state index contributed by atoms with van der Waals surface area (Å²) in [6.45, 7) is 3.96. The van der Waals surface area contributed by atoms with Crippen LogP contribution in [0, 0.1) is 0 Å². The van der Waals surface area contributed by atoms with Crippen molar-refractivity contribution in [1.29, 1.82) is 0 Å². The molecule has 0 heterocycles. The summed E-state index contributed by atoms with van der Waals surface area (Å²) in [4.78, 5) is 20.0. The predicted octanol–water partition coefficient (Wildman–Crippen LogP) is 1.95. The van der Waals surface area contributed by atoms with Crippen LogP contribution in [0.2, 0.25) is 0 Å². The quantitative estimate of drug-likeness (QED) is 0.619. The number of benzene rings is 1. The Labute approximate surface area is 134 Å². The fraction of sp³-hybridized carbons (Fsp3) is 0.529. The van der Waals surface area contributed by atoms with Crippen LogP contribution in [0.5, 0.6) is 0 Å². The van der Waals surface area contributed by atoms with Gasteiger partial charge in [-0.05, 0) is 12.0 Å². The first-order valence-electron chi connectivity index (χ1n) is 7.78. The highest BCUT2D eigenvalue weighted by Gasteiger charge is 2.09. The van der Waals surface area contributed by atoms with Gasteiger partial charge in [0.25, 0.3) is 0 Å². The number of hydrogen-bond donors (Lipinski definition) is 1. The number of nitrogens with zero attached hydrogens (tertiary/aromatic N) is 3. The lowest BCUT2D eigenvalue weighted by molar-refractivity contribution is -0.127. The molecule has 5 heteroatoms. The van der Waals surface area contributed by atoms with Crippen molar-refractivity contribution in [2.45, 2.75) is 26.3 Å². The highest BCUT2D eigenvalue weighted by Crippen LogP contribution is 2.01. The number of hydrogen-bond acceptors (Lipinski definition) is 2. The third kappa shape index (κ3) is 6.61. The van der Waals surface area contributed by atoms with E-state index in [1.54, 1.807) is 19.0 Å². The Morgan fingerprint density at radius 2 is 1.86 bits per heavy atom. The molecule has 0 aromatic heterocycles. The second-order valence-electron chi connectivity index (χ2n) is 5.54. The largest absolute Gasteiger partial charge is 0.347 e. The minimum absolute atomic E-state index is 0.0382. The Kier molecular flexibility index (Phi) is 8.04. The van der Waals surface area contributed by atoms with E-state index >= 15 is 0 Å². The minimum atomic E-state index is 0.0382. The molecule has 1 aromatic carbocycles. The molecule has 22 heavy (non-hydrogen) atoms. The molecule has 1 aromatic rings. The molecule has 1 N–H and O–H groups in total. The minimum Gasteiger partial charge on any atom is -0.347 e. The summed E-state index contributed by atoms with van der Waals surface area (Å²) in [5, 5.41) is 3.16. The first-order valence-corrected chi connectivity index (χ1v) is 7.78. The molecule has 0 spiro atoms. The van der Waals surface area contributed by atoms with Crippen LogP contribution in [0.3, 0.4) is 0 Å². The van der Waals surface area contributed by atoms with E-state index in [1.807, 2.05) is 25.2 Å². The van der Waals surface area contributed by atoms with Crippen LogP contribution in [0.15, 0.2) is 35.3 Å². The maximum Gasteiger partial charge on any atom is 0.241 e. The number of rotatable bonds is 7. The predicted molar refractivity (Wildman–Crippen MR) is 91.8 cm³/mol. The molecule has 0 radical (unpaired) electrons. The molecule has 0 aliphatic carbocycles. The summed E-state index contributed by atoms with van der Waals surface area (Å²) >= 11 is 0. The lowest BCUT2D eigenvalue weighted by Crippen LogP contribution is -2.44. The van der Waals surface area contributed by atoms with Crippen molar-refractivity contribution in [2.75, 3.05) is 34.2 Å². The summed E-state index contributed by atoms with van der Waals surface area (Å²) in [6, 6.07) is 10.1. The highest BCUT2D eigenvalue weighted by atomic mass is 16.2. The summed E-state index contributed by atoms with van der Waals surface area (Å²) < 4.78 is 0. The van der Waals surface area contributed by atoms with Crippen LogP contribution in [0.4, 0.5) is 0 Å². The average molecular weight is 304 g/mol. The van der Waals surface area contributed by atoms with Gasteiger partial charge in [0.05, 0.1) is 13.1 Å². The van der Waals surface area contributed by atoms with Crippen LogP contribution in [0.25, 0.3) is 0 Å². The van der Waals surface area contributed by atoms with Crippen LogP contribution < -0.4 is 5.32 Å². The summed E-state index contributed by atoms with van der Waals surface area (Å²) in [5.74, 6) is 0.809. The van der Waals surface area contributed by atoms with Crippen LogP contribution in [-0.2, 0) is 11.3 Å². The highest BCUT2D eigenvalue weighted by molar-refractivity contribution is 5.86. The van der Waals surface area contributed by atoms with Gasteiger partial charge in [-0.25, -0.2) is 4.99 Å². The number of likely N-dealkylation sites (N-methyl/N-ethyl adjacent to an activating group) is 1. The molecule has 0 atom stereocenters. The van der Waals surface area contributed by atoms with Gasteiger partial charge in [0.1, 0.15) is 0 Å². The Bertz CT molecular complexity index is 471. The van der Waals surface area contributed by atoms with Crippen molar-refractivity contribution >= 4 is 11.9 Å². The molecule has 0 saturated carbocycles.